The van der Waals surface area contributed by atoms with Crippen molar-refractivity contribution >= 4 is 5.97 Å². The van der Waals surface area contributed by atoms with E-state index in [1.165, 1.54) is 14.0 Å². The van der Waals surface area contributed by atoms with Crippen molar-refractivity contribution in [3.05, 3.63) is 54.5 Å². The molecule has 75 heavy (non-hydrogen) atoms. The summed E-state index contributed by atoms with van der Waals surface area (Å²) in [7, 11) is 7.09. The van der Waals surface area contributed by atoms with Gasteiger partial charge in [-0.1, -0.05) is 38.1 Å². The maximum absolute atomic E-state index is 14.5. The van der Waals surface area contributed by atoms with Gasteiger partial charge in [-0.3, -0.25) is 9.48 Å². The van der Waals surface area contributed by atoms with Gasteiger partial charge >= 0.3 is 5.97 Å². The number of esters is 1. The fraction of sp³-hybridized carbons (Fsp3) is 0.750. The van der Waals surface area contributed by atoms with Gasteiger partial charge in [0.25, 0.3) is 0 Å². The van der Waals surface area contributed by atoms with Crippen LogP contribution in [-0.4, -0.2) is 188 Å². The molecule has 0 amide bonds. The van der Waals surface area contributed by atoms with Crippen molar-refractivity contribution in [3.8, 4) is 22.8 Å². The first-order valence-electron chi connectivity index (χ1n) is 27.1. The fourth-order valence-electron chi connectivity index (χ4n) is 11.5. The Morgan fingerprint density at radius 3 is 2.25 bits per heavy atom. The third-order valence-corrected chi connectivity index (χ3v) is 16.3. The number of aryl methyl sites for hydroxylation is 1. The van der Waals surface area contributed by atoms with Crippen LogP contribution in [0, 0.1) is 17.8 Å². The lowest BCUT2D eigenvalue weighted by Gasteiger charge is -2.48. The summed E-state index contributed by atoms with van der Waals surface area (Å²) in [4.78, 5) is 23.1. The van der Waals surface area contributed by atoms with E-state index in [9.17, 15) is 25.2 Å². The van der Waals surface area contributed by atoms with Crippen LogP contribution in [0.5, 0.6) is 11.6 Å². The molecule has 19 heteroatoms. The Morgan fingerprint density at radius 1 is 0.893 bits per heavy atom. The van der Waals surface area contributed by atoms with E-state index in [0.717, 1.165) is 35.4 Å². The van der Waals surface area contributed by atoms with Gasteiger partial charge in [0.1, 0.15) is 29.7 Å². The third-order valence-electron chi connectivity index (χ3n) is 16.3. The summed E-state index contributed by atoms with van der Waals surface area (Å²) in [5, 5.41) is 56.4. The third kappa shape index (κ3) is 15.2. The first-order valence-corrected chi connectivity index (χ1v) is 27.1. The highest BCUT2D eigenvalue weighted by molar-refractivity contribution is 5.73. The van der Waals surface area contributed by atoms with E-state index < -0.39 is 89.9 Å². The number of methoxy groups -OCH3 is 2. The molecule has 3 saturated heterocycles. The standard InChI is InChI=1S/C56H90N6O13/c1-15-45-56(10,67)50(63)38(6)61(12)32-34(2)29-54(8,66)52(36(4)49(37(5)53(65)73-45)74-48-30-55(9,69-14)51(64)39(7)72-48)75-47-28-43(27-35(3)71-47)60(11)25-23-42-33-62(59-58-42)24-16-26-70-44-20-17-40(18-21-44)41-19-22-46(68-13)57-31-41/h17-22,31,33-39,43,45,47-52,63-64,66-67H,15-16,23-30,32H2,1-14H3/t34-,35-,36+,37-,38-,39+,43+,45-,47+,48+,49+,50-,51+,52-,54-,55-,56-/m1/s1. The van der Waals surface area contributed by atoms with Crippen molar-refractivity contribution in [2.45, 2.75) is 205 Å². The summed E-state index contributed by atoms with van der Waals surface area (Å²) < 4.78 is 51.8. The molecule has 19 nitrogen and oxygen atoms in total. The van der Waals surface area contributed by atoms with E-state index in [1.54, 1.807) is 47.9 Å². The summed E-state index contributed by atoms with van der Waals surface area (Å²) in [5.41, 5.74) is -1.42. The van der Waals surface area contributed by atoms with Crippen LogP contribution in [0.15, 0.2) is 48.8 Å². The molecule has 17 atom stereocenters. The maximum atomic E-state index is 14.5. The van der Waals surface area contributed by atoms with E-state index in [1.807, 2.05) is 86.9 Å². The average molecular weight is 1060 g/mol. The second-order valence-corrected chi connectivity index (χ2v) is 22.6. The normalized spacial score (nSPS) is 36.9. The van der Waals surface area contributed by atoms with E-state index in [4.69, 9.17) is 37.9 Å². The summed E-state index contributed by atoms with van der Waals surface area (Å²) in [6.07, 6.45) is -0.621. The van der Waals surface area contributed by atoms with Gasteiger partial charge in [0.05, 0.1) is 60.9 Å². The molecular weight excluding hydrogens is 965 g/mol. The Labute approximate surface area is 445 Å². The van der Waals surface area contributed by atoms with Crippen LogP contribution in [0.25, 0.3) is 11.1 Å². The molecule has 0 bridgehead atoms. The molecule has 0 spiro atoms. The van der Waals surface area contributed by atoms with Gasteiger partial charge in [0.2, 0.25) is 5.88 Å². The zero-order valence-corrected chi connectivity index (χ0v) is 47.1. The molecule has 1 aromatic carbocycles. The van der Waals surface area contributed by atoms with Gasteiger partial charge in [0, 0.05) is 94.5 Å². The van der Waals surface area contributed by atoms with Crippen molar-refractivity contribution < 1.29 is 63.1 Å². The molecule has 0 radical (unpaired) electrons. The number of nitrogens with zero attached hydrogens (tertiary/aromatic N) is 6. The van der Waals surface area contributed by atoms with Crippen LogP contribution in [0.2, 0.25) is 0 Å². The second-order valence-electron chi connectivity index (χ2n) is 22.6. The summed E-state index contributed by atoms with van der Waals surface area (Å²) >= 11 is 0. The Kier molecular flexibility index (Phi) is 21.1. The van der Waals surface area contributed by atoms with Gasteiger partial charge < -0.3 is 68.1 Å². The van der Waals surface area contributed by atoms with Crippen LogP contribution in [0.3, 0.4) is 0 Å². The predicted molar refractivity (Wildman–Crippen MR) is 282 cm³/mol. The summed E-state index contributed by atoms with van der Waals surface area (Å²) in [6.45, 7) is 20.4. The highest BCUT2D eigenvalue weighted by Gasteiger charge is 2.52. The molecule has 3 fully saturated rings. The maximum Gasteiger partial charge on any atom is 0.311 e. The Balaban J connectivity index is 1.15. The molecule has 0 saturated carbocycles. The first kappa shape index (κ1) is 60.4. The van der Waals surface area contributed by atoms with Gasteiger partial charge in [-0.25, -0.2) is 4.98 Å². The molecule has 3 aliphatic rings. The molecule has 3 aliphatic heterocycles. The lowest BCUT2D eigenvalue weighted by molar-refractivity contribution is -0.308. The Bertz CT molecular complexity index is 2220. The number of carbonyl (C=O) groups excluding carboxylic acids is 1. The Morgan fingerprint density at radius 2 is 1.60 bits per heavy atom. The number of ether oxygens (including phenoxy) is 8. The minimum atomic E-state index is -1.81. The van der Waals surface area contributed by atoms with Crippen LogP contribution in [-0.2, 0) is 46.2 Å². The predicted octanol–water partition coefficient (Wildman–Crippen LogP) is 5.67. The number of rotatable bonds is 17. The first-order chi connectivity index (χ1) is 35.4. The van der Waals surface area contributed by atoms with Crippen molar-refractivity contribution in [2.24, 2.45) is 17.8 Å². The quantitative estimate of drug-likeness (QED) is 0.0944. The molecule has 3 aromatic rings. The number of cyclic esters (lactones) is 1. The van der Waals surface area contributed by atoms with E-state index in [0.29, 0.717) is 45.0 Å². The zero-order chi connectivity index (χ0) is 55.0. The minimum absolute atomic E-state index is 0.0610. The molecule has 0 aliphatic carbocycles. The van der Waals surface area contributed by atoms with Crippen LogP contribution in [0.1, 0.15) is 113 Å². The molecular formula is C56H90N6O13. The smallest absolute Gasteiger partial charge is 0.311 e. The number of carbonyl (C=O) groups is 1. The lowest BCUT2D eigenvalue weighted by atomic mass is 9.77. The molecule has 422 valence electrons. The van der Waals surface area contributed by atoms with Crippen molar-refractivity contribution in [3.63, 3.8) is 0 Å². The number of aliphatic hydroxyl groups is 4. The fourth-order valence-corrected chi connectivity index (χ4v) is 11.5. The van der Waals surface area contributed by atoms with Gasteiger partial charge in [-0.05, 0) is 112 Å². The van der Waals surface area contributed by atoms with Gasteiger partial charge in [-0.15, -0.1) is 5.10 Å². The van der Waals surface area contributed by atoms with Crippen LogP contribution < -0.4 is 9.47 Å². The number of likely N-dealkylation sites (N-methyl/N-ethyl adjacent to an activating group) is 2. The summed E-state index contributed by atoms with van der Waals surface area (Å²) in [5.74, 6) is -1.10. The number of hydrogen-bond donors (Lipinski definition) is 4. The van der Waals surface area contributed by atoms with Crippen molar-refractivity contribution in [1.82, 2.24) is 29.8 Å². The SMILES string of the molecule is CC[C@H]1OC(=O)[C@H](C)[C@@H](O[C@H]2C[C@@](C)(OC)[C@@H](O)[C@H](C)O2)[C@H](C)[C@@H](O[C@H]2C[C@@H](N(C)CCc3cn(CCCOc4ccc(-c5ccc(OC)nc5)cc4)nn3)C[C@@H](C)O2)[C@](C)(O)C[C@@H](C)CN(C)[C@H](C)[C@@H](O)[C@]1(C)O. The molecule has 6 rings (SSSR count). The number of hydrogen-bond acceptors (Lipinski definition) is 18. The highest BCUT2D eigenvalue weighted by atomic mass is 16.7. The van der Waals surface area contributed by atoms with E-state index in [2.05, 4.69) is 27.2 Å². The number of aliphatic hydroxyl groups excluding tert-OH is 2. The largest absolute Gasteiger partial charge is 0.494 e. The van der Waals surface area contributed by atoms with Crippen LogP contribution >= 0.6 is 0 Å². The minimum Gasteiger partial charge on any atom is -0.494 e. The molecule has 5 heterocycles. The van der Waals surface area contributed by atoms with E-state index in [-0.39, 0.29) is 37.3 Å². The van der Waals surface area contributed by atoms with E-state index >= 15 is 0 Å². The lowest BCUT2D eigenvalue weighted by Crippen LogP contribution is -2.59. The summed E-state index contributed by atoms with van der Waals surface area (Å²) in [6, 6.07) is 11.3. The number of aromatic nitrogens is 4. The monoisotopic (exact) mass is 1050 g/mol. The van der Waals surface area contributed by atoms with Crippen LogP contribution in [0.4, 0.5) is 0 Å². The average Bonchev–Trinajstić information content (AvgIpc) is 3.84. The highest BCUT2D eigenvalue weighted by Crippen LogP contribution is 2.40. The van der Waals surface area contributed by atoms with Crippen molar-refractivity contribution in [1.29, 1.82) is 0 Å². The molecule has 2 aromatic heterocycles. The Hall–Kier alpha value is -3.86. The van der Waals surface area contributed by atoms with Crippen molar-refractivity contribution in [2.75, 3.05) is 48.0 Å². The zero-order valence-electron chi connectivity index (χ0n) is 47.1. The molecule has 4 N–H and O–H groups in total. The molecule has 0 unspecified atom stereocenters. The number of pyridine rings is 1. The second kappa shape index (κ2) is 26.2. The number of benzene rings is 1. The van der Waals surface area contributed by atoms with Gasteiger partial charge in [-0.2, -0.15) is 0 Å². The topological polar surface area (TPSA) is 222 Å². The van der Waals surface area contributed by atoms with Gasteiger partial charge in [0.15, 0.2) is 12.6 Å².